The minimum atomic E-state index is -0.189. The molecule has 1 aromatic heterocycles. The van der Waals surface area contributed by atoms with E-state index in [0.29, 0.717) is 5.02 Å². The van der Waals surface area contributed by atoms with Crippen LogP contribution in [0.15, 0.2) is 16.9 Å². The molecule has 1 heterocycles. The zero-order valence-corrected chi connectivity index (χ0v) is 9.14. The fraction of sp³-hybridized carbons (Fsp3) is 0.500. The van der Waals surface area contributed by atoms with Crippen LogP contribution in [0.5, 0.6) is 0 Å². The topological polar surface area (TPSA) is 22.0 Å². The third-order valence-electron chi connectivity index (χ3n) is 1.85. The lowest BCUT2D eigenvalue weighted by atomic mass is 10.1. The van der Waals surface area contributed by atoms with E-state index < -0.39 is 0 Å². The van der Waals surface area contributed by atoms with Crippen molar-refractivity contribution >= 4 is 11.6 Å². The van der Waals surface area contributed by atoms with E-state index in [9.17, 15) is 4.79 Å². The summed E-state index contributed by atoms with van der Waals surface area (Å²) in [5.74, 6) is 0. The number of aromatic nitrogens is 1. The molecule has 0 aliphatic carbocycles. The molecule has 2 nitrogen and oxygen atoms in total. The molecule has 0 saturated heterocycles. The Morgan fingerprint density at radius 3 is 2.23 bits per heavy atom. The highest BCUT2D eigenvalue weighted by Crippen LogP contribution is 2.16. The summed E-state index contributed by atoms with van der Waals surface area (Å²) in [4.78, 5) is 11.6. The number of halogens is 1. The molecule has 0 unspecified atom stereocenters. The van der Waals surface area contributed by atoms with Crippen molar-refractivity contribution in [1.82, 2.24) is 4.57 Å². The molecule has 0 saturated carbocycles. The standard InChI is InChI=1S/C10H14ClNO/c1-7-5-8(11)6-9(13)12(7)10(2,3)4/h5-6H,1-4H3. The van der Waals surface area contributed by atoms with Crippen LogP contribution in [0.4, 0.5) is 0 Å². The third kappa shape index (κ3) is 2.13. The minimum absolute atomic E-state index is 0.0440. The van der Waals surface area contributed by atoms with E-state index in [1.165, 1.54) is 6.07 Å². The Labute approximate surface area is 83.2 Å². The first-order valence-corrected chi connectivity index (χ1v) is 4.60. The van der Waals surface area contributed by atoms with Crippen LogP contribution in [0.25, 0.3) is 0 Å². The number of hydrogen-bond acceptors (Lipinski definition) is 1. The monoisotopic (exact) mass is 199 g/mol. The molecule has 0 aliphatic heterocycles. The number of pyridine rings is 1. The molecule has 0 N–H and O–H groups in total. The van der Waals surface area contributed by atoms with Crippen molar-refractivity contribution in [3.05, 3.63) is 33.2 Å². The zero-order valence-electron chi connectivity index (χ0n) is 8.39. The predicted octanol–water partition coefficient (Wildman–Crippen LogP) is 2.57. The van der Waals surface area contributed by atoms with Crippen LogP contribution in [-0.2, 0) is 5.54 Å². The summed E-state index contributed by atoms with van der Waals surface area (Å²) in [6.45, 7) is 7.87. The quantitative estimate of drug-likeness (QED) is 0.630. The molecule has 0 aromatic carbocycles. The van der Waals surface area contributed by atoms with Gasteiger partial charge < -0.3 is 4.57 Å². The van der Waals surface area contributed by atoms with Crippen LogP contribution >= 0.6 is 11.6 Å². The summed E-state index contributed by atoms with van der Waals surface area (Å²) in [6.07, 6.45) is 0. The van der Waals surface area contributed by atoms with Crippen LogP contribution < -0.4 is 5.56 Å². The second kappa shape index (κ2) is 3.18. The molecule has 3 heteroatoms. The van der Waals surface area contributed by atoms with Gasteiger partial charge in [-0.1, -0.05) is 11.6 Å². The molecule has 0 atom stereocenters. The Morgan fingerprint density at radius 1 is 1.31 bits per heavy atom. The molecule has 0 radical (unpaired) electrons. The van der Waals surface area contributed by atoms with E-state index in [1.54, 1.807) is 10.6 Å². The van der Waals surface area contributed by atoms with Crippen molar-refractivity contribution in [2.45, 2.75) is 33.2 Å². The maximum atomic E-state index is 11.6. The summed E-state index contributed by atoms with van der Waals surface area (Å²) < 4.78 is 1.74. The molecule has 0 aliphatic rings. The highest BCUT2D eigenvalue weighted by atomic mass is 35.5. The molecule has 1 rings (SSSR count). The van der Waals surface area contributed by atoms with Crippen LogP contribution in [0, 0.1) is 6.92 Å². The SMILES string of the molecule is Cc1cc(Cl)cc(=O)n1C(C)(C)C. The normalized spacial score (nSPS) is 11.8. The first-order valence-electron chi connectivity index (χ1n) is 4.22. The van der Waals surface area contributed by atoms with Crippen molar-refractivity contribution in [2.75, 3.05) is 0 Å². The van der Waals surface area contributed by atoms with Gasteiger partial charge in [0.25, 0.3) is 5.56 Å². The van der Waals surface area contributed by atoms with Gasteiger partial charge in [-0.2, -0.15) is 0 Å². The second-order valence-corrected chi connectivity index (χ2v) is 4.60. The molecule has 72 valence electrons. The molecular formula is C10H14ClNO. The smallest absolute Gasteiger partial charge is 0.252 e. The minimum Gasteiger partial charge on any atom is -0.308 e. The molecule has 13 heavy (non-hydrogen) atoms. The van der Waals surface area contributed by atoms with Crippen molar-refractivity contribution in [2.24, 2.45) is 0 Å². The van der Waals surface area contributed by atoms with E-state index >= 15 is 0 Å². The van der Waals surface area contributed by atoms with Crippen LogP contribution in [0.3, 0.4) is 0 Å². The van der Waals surface area contributed by atoms with E-state index in [4.69, 9.17) is 11.6 Å². The van der Waals surface area contributed by atoms with Crippen molar-refractivity contribution in [1.29, 1.82) is 0 Å². The Morgan fingerprint density at radius 2 is 1.85 bits per heavy atom. The Kier molecular flexibility index (Phi) is 2.53. The van der Waals surface area contributed by atoms with Gasteiger partial charge in [0.1, 0.15) is 0 Å². The van der Waals surface area contributed by atoms with Crippen LogP contribution in [0.2, 0.25) is 5.02 Å². The lowest BCUT2D eigenvalue weighted by molar-refractivity contribution is 0.376. The van der Waals surface area contributed by atoms with Gasteiger partial charge in [0.2, 0.25) is 0 Å². The lowest BCUT2D eigenvalue weighted by Gasteiger charge is -2.24. The number of nitrogens with zero attached hydrogens (tertiary/aromatic N) is 1. The van der Waals surface area contributed by atoms with Gasteiger partial charge in [-0.15, -0.1) is 0 Å². The van der Waals surface area contributed by atoms with Crippen molar-refractivity contribution in [3.8, 4) is 0 Å². The largest absolute Gasteiger partial charge is 0.308 e. The number of aryl methyl sites for hydroxylation is 1. The summed E-state index contributed by atoms with van der Waals surface area (Å²) in [5.41, 5.74) is 0.661. The lowest BCUT2D eigenvalue weighted by Crippen LogP contribution is -2.34. The molecule has 1 aromatic rings. The van der Waals surface area contributed by atoms with Crippen LogP contribution in [-0.4, -0.2) is 4.57 Å². The number of rotatable bonds is 0. The van der Waals surface area contributed by atoms with Gasteiger partial charge in [-0.3, -0.25) is 4.79 Å². The van der Waals surface area contributed by atoms with Crippen molar-refractivity contribution < 1.29 is 0 Å². The summed E-state index contributed by atoms with van der Waals surface area (Å²) in [6, 6.07) is 3.24. The maximum absolute atomic E-state index is 11.6. The van der Waals surface area contributed by atoms with E-state index in [2.05, 4.69) is 0 Å². The van der Waals surface area contributed by atoms with Gasteiger partial charge >= 0.3 is 0 Å². The number of hydrogen-bond donors (Lipinski definition) is 0. The van der Waals surface area contributed by atoms with E-state index in [1.807, 2.05) is 27.7 Å². The zero-order chi connectivity index (χ0) is 10.2. The molecule has 0 bridgehead atoms. The fourth-order valence-electron chi connectivity index (χ4n) is 1.52. The summed E-state index contributed by atoms with van der Waals surface area (Å²) >= 11 is 5.76. The first kappa shape index (κ1) is 10.3. The average molecular weight is 200 g/mol. The first-order chi connectivity index (χ1) is 5.82. The molecule has 0 amide bonds. The van der Waals surface area contributed by atoms with Gasteiger partial charge in [0.15, 0.2) is 0 Å². The average Bonchev–Trinajstić information content (AvgIpc) is 1.78. The van der Waals surface area contributed by atoms with Gasteiger partial charge in [0.05, 0.1) is 0 Å². The predicted molar refractivity (Wildman–Crippen MR) is 55.4 cm³/mol. The molecule has 0 fully saturated rings. The molecular weight excluding hydrogens is 186 g/mol. The summed E-state index contributed by atoms with van der Waals surface area (Å²) in [7, 11) is 0. The Balaban J connectivity index is 3.47. The van der Waals surface area contributed by atoms with E-state index in [0.717, 1.165) is 5.69 Å². The van der Waals surface area contributed by atoms with E-state index in [-0.39, 0.29) is 11.1 Å². The van der Waals surface area contributed by atoms with Gasteiger partial charge in [0, 0.05) is 22.3 Å². The third-order valence-corrected chi connectivity index (χ3v) is 2.07. The van der Waals surface area contributed by atoms with Gasteiger partial charge in [-0.25, -0.2) is 0 Å². The highest BCUT2D eigenvalue weighted by Gasteiger charge is 2.16. The molecule has 0 spiro atoms. The maximum Gasteiger partial charge on any atom is 0.252 e. The highest BCUT2D eigenvalue weighted by molar-refractivity contribution is 6.30. The van der Waals surface area contributed by atoms with Crippen LogP contribution in [0.1, 0.15) is 26.5 Å². The van der Waals surface area contributed by atoms with Crippen molar-refractivity contribution in [3.63, 3.8) is 0 Å². The summed E-state index contributed by atoms with van der Waals surface area (Å²) in [5, 5.41) is 0.503. The van der Waals surface area contributed by atoms with Gasteiger partial charge in [-0.05, 0) is 33.8 Å². The second-order valence-electron chi connectivity index (χ2n) is 4.16. The Hall–Kier alpha value is -0.760. The fourth-order valence-corrected chi connectivity index (χ4v) is 1.77. The Bertz CT molecular complexity index is 373.